The van der Waals surface area contributed by atoms with Crippen LogP contribution in [0, 0.1) is 12.7 Å². The molecule has 3 heterocycles. The van der Waals surface area contributed by atoms with Crippen LogP contribution in [-0.2, 0) is 13.6 Å². The number of nitrogens with zero attached hydrogens (tertiary/aromatic N) is 5. The van der Waals surface area contributed by atoms with Crippen LogP contribution in [-0.4, -0.2) is 45.8 Å². The molecule has 4 rings (SSSR count). The van der Waals surface area contributed by atoms with Gasteiger partial charge in [-0.1, -0.05) is 12.1 Å². The van der Waals surface area contributed by atoms with Crippen molar-refractivity contribution in [2.45, 2.75) is 13.5 Å². The topological polar surface area (TPSA) is 37.2 Å². The van der Waals surface area contributed by atoms with Gasteiger partial charge in [-0.2, -0.15) is 5.10 Å². The summed E-state index contributed by atoms with van der Waals surface area (Å²) in [5.74, 6) is 0.754. The van der Waals surface area contributed by atoms with Crippen LogP contribution in [0.5, 0.6) is 0 Å². The summed E-state index contributed by atoms with van der Waals surface area (Å²) in [6, 6.07) is 10.6. The zero-order valence-electron chi connectivity index (χ0n) is 16.2. The van der Waals surface area contributed by atoms with Crippen LogP contribution in [0.15, 0.2) is 48.8 Å². The van der Waals surface area contributed by atoms with Gasteiger partial charge in [0.05, 0.1) is 6.20 Å². The summed E-state index contributed by atoms with van der Waals surface area (Å²) in [5.41, 5.74) is 4.55. The monoisotopic (exact) mass is 401 g/mol. The lowest BCUT2D eigenvalue weighted by Crippen LogP contribution is -2.46. The number of anilines is 1. The molecular weight excluding hydrogens is 377 g/mol. The second-order valence-corrected chi connectivity index (χ2v) is 7.02. The molecule has 1 aliphatic heterocycles. The van der Waals surface area contributed by atoms with E-state index in [9.17, 15) is 4.39 Å². The van der Waals surface area contributed by atoms with E-state index in [4.69, 9.17) is 0 Å². The van der Waals surface area contributed by atoms with E-state index in [1.54, 1.807) is 0 Å². The largest absolute Gasteiger partial charge is 0.354 e. The van der Waals surface area contributed by atoms with Crippen molar-refractivity contribution < 1.29 is 4.39 Å². The molecule has 2 aromatic heterocycles. The number of aryl methyl sites for hydroxylation is 1. The van der Waals surface area contributed by atoms with E-state index in [0.29, 0.717) is 0 Å². The summed E-state index contributed by atoms with van der Waals surface area (Å²) in [6.07, 6.45) is 3.79. The van der Waals surface area contributed by atoms with E-state index in [1.807, 2.05) is 42.3 Å². The molecule has 0 atom stereocenters. The van der Waals surface area contributed by atoms with Gasteiger partial charge in [-0.15, -0.1) is 12.4 Å². The molecule has 7 heteroatoms. The van der Waals surface area contributed by atoms with E-state index in [2.05, 4.69) is 32.9 Å². The summed E-state index contributed by atoms with van der Waals surface area (Å²) in [7, 11) is 1.98. The highest BCUT2D eigenvalue weighted by Gasteiger charge is 2.21. The Kier molecular flexibility index (Phi) is 6.31. The van der Waals surface area contributed by atoms with Gasteiger partial charge in [0, 0.05) is 62.8 Å². The smallest absolute Gasteiger partial charge is 0.136 e. The third kappa shape index (κ3) is 4.18. The van der Waals surface area contributed by atoms with E-state index in [0.717, 1.165) is 49.7 Å². The van der Waals surface area contributed by atoms with Crippen LogP contribution < -0.4 is 4.90 Å². The maximum Gasteiger partial charge on any atom is 0.136 e. The second kappa shape index (κ2) is 8.71. The maximum absolute atomic E-state index is 13.3. The highest BCUT2D eigenvalue weighted by atomic mass is 35.5. The number of hydrogen-bond acceptors (Lipinski definition) is 4. The lowest BCUT2D eigenvalue weighted by Gasteiger charge is -2.36. The Labute approximate surface area is 171 Å². The first-order chi connectivity index (χ1) is 13.1. The molecule has 0 bridgehead atoms. The van der Waals surface area contributed by atoms with Crippen molar-refractivity contribution in [1.82, 2.24) is 19.7 Å². The summed E-state index contributed by atoms with van der Waals surface area (Å²) in [6.45, 7) is 6.85. The molecule has 0 radical (unpaired) electrons. The van der Waals surface area contributed by atoms with Crippen LogP contribution in [0.4, 0.5) is 10.2 Å². The molecule has 0 saturated carbocycles. The Balaban J connectivity index is 0.00000225. The van der Waals surface area contributed by atoms with Crippen LogP contribution in [0.1, 0.15) is 11.3 Å². The van der Waals surface area contributed by atoms with Crippen molar-refractivity contribution in [3.63, 3.8) is 0 Å². The number of hydrogen-bond donors (Lipinski definition) is 0. The molecule has 5 nitrogen and oxygen atoms in total. The van der Waals surface area contributed by atoms with Crippen molar-refractivity contribution in [3.05, 3.63) is 65.9 Å². The van der Waals surface area contributed by atoms with Gasteiger partial charge in [-0.05, 0) is 36.8 Å². The third-order valence-electron chi connectivity index (χ3n) is 5.34. The number of piperazine rings is 1. The standard InChI is InChI=1S/C21H24FN5.ClH/c1-16-18(14-24-25(16)2)15-26-10-12-27(13-11-26)21-20(4-3-9-23-21)17-5-7-19(22)8-6-17;/h3-9,14H,10-13,15H2,1-2H3;1H. The van der Waals surface area contributed by atoms with Crippen molar-refractivity contribution in [2.24, 2.45) is 7.05 Å². The molecule has 0 N–H and O–H groups in total. The zero-order chi connectivity index (χ0) is 18.8. The van der Waals surface area contributed by atoms with Gasteiger partial charge in [-0.25, -0.2) is 9.37 Å². The first-order valence-corrected chi connectivity index (χ1v) is 9.27. The van der Waals surface area contributed by atoms with Crippen LogP contribution in [0.25, 0.3) is 11.1 Å². The van der Waals surface area contributed by atoms with Crippen LogP contribution >= 0.6 is 12.4 Å². The minimum atomic E-state index is -0.219. The summed E-state index contributed by atoms with van der Waals surface area (Å²) >= 11 is 0. The van der Waals surface area contributed by atoms with Crippen molar-refractivity contribution >= 4 is 18.2 Å². The first kappa shape index (κ1) is 20.3. The molecule has 148 valence electrons. The van der Waals surface area contributed by atoms with E-state index in [1.165, 1.54) is 23.4 Å². The average molecular weight is 402 g/mol. The van der Waals surface area contributed by atoms with Gasteiger partial charge in [0.1, 0.15) is 11.6 Å². The van der Waals surface area contributed by atoms with Crippen molar-refractivity contribution in [1.29, 1.82) is 0 Å². The number of rotatable bonds is 4. The Morgan fingerprint density at radius 1 is 1.04 bits per heavy atom. The average Bonchev–Trinajstić information content (AvgIpc) is 3.01. The fourth-order valence-corrected chi connectivity index (χ4v) is 3.56. The lowest BCUT2D eigenvalue weighted by molar-refractivity contribution is 0.249. The van der Waals surface area contributed by atoms with E-state index in [-0.39, 0.29) is 18.2 Å². The Morgan fingerprint density at radius 3 is 2.39 bits per heavy atom. The van der Waals surface area contributed by atoms with Crippen molar-refractivity contribution in [3.8, 4) is 11.1 Å². The summed E-state index contributed by atoms with van der Waals surface area (Å²) < 4.78 is 15.2. The predicted octanol–water partition coefficient (Wildman–Crippen LogP) is 3.67. The quantitative estimate of drug-likeness (QED) is 0.668. The molecule has 28 heavy (non-hydrogen) atoms. The molecule has 1 aliphatic rings. The third-order valence-corrected chi connectivity index (χ3v) is 5.34. The Hall–Kier alpha value is -2.44. The molecule has 0 amide bonds. The molecule has 3 aromatic rings. The first-order valence-electron chi connectivity index (χ1n) is 9.27. The summed E-state index contributed by atoms with van der Waals surface area (Å²) in [5, 5.41) is 4.34. The van der Waals surface area contributed by atoms with Crippen LogP contribution in [0.2, 0.25) is 0 Å². The number of halogens is 2. The minimum Gasteiger partial charge on any atom is -0.354 e. The molecule has 1 fully saturated rings. The lowest BCUT2D eigenvalue weighted by atomic mass is 10.1. The molecule has 0 unspecified atom stereocenters. The molecule has 1 saturated heterocycles. The SMILES string of the molecule is Cc1c(CN2CCN(c3ncccc3-c3ccc(F)cc3)CC2)cnn1C.Cl. The number of pyridine rings is 1. The highest BCUT2D eigenvalue weighted by molar-refractivity contribution is 5.85. The van der Waals surface area contributed by atoms with Crippen molar-refractivity contribution in [2.75, 3.05) is 31.1 Å². The number of aromatic nitrogens is 3. The molecule has 0 aliphatic carbocycles. The van der Waals surface area contributed by atoms with Gasteiger partial charge < -0.3 is 4.90 Å². The summed E-state index contributed by atoms with van der Waals surface area (Å²) in [4.78, 5) is 9.41. The molecule has 0 spiro atoms. The van der Waals surface area contributed by atoms with Gasteiger partial charge in [0.25, 0.3) is 0 Å². The fourth-order valence-electron chi connectivity index (χ4n) is 3.56. The maximum atomic E-state index is 13.3. The minimum absolute atomic E-state index is 0. The van der Waals surface area contributed by atoms with Gasteiger partial charge >= 0.3 is 0 Å². The Bertz CT molecular complexity index is 917. The van der Waals surface area contributed by atoms with E-state index >= 15 is 0 Å². The highest BCUT2D eigenvalue weighted by Crippen LogP contribution is 2.29. The molecule has 1 aromatic carbocycles. The fraction of sp³-hybridized carbons (Fsp3) is 0.333. The molecular formula is C21H25ClFN5. The van der Waals surface area contributed by atoms with Gasteiger partial charge in [0.15, 0.2) is 0 Å². The predicted molar refractivity (Wildman–Crippen MR) is 112 cm³/mol. The van der Waals surface area contributed by atoms with E-state index < -0.39 is 0 Å². The number of benzene rings is 1. The van der Waals surface area contributed by atoms with Crippen LogP contribution in [0.3, 0.4) is 0 Å². The second-order valence-electron chi connectivity index (χ2n) is 7.02. The Morgan fingerprint density at radius 2 is 1.75 bits per heavy atom. The zero-order valence-corrected chi connectivity index (χ0v) is 17.0. The van der Waals surface area contributed by atoms with Gasteiger partial charge in [-0.3, -0.25) is 9.58 Å². The van der Waals surface area contributed by atoms with Gasteiger partial charge in [0.2, 0.25) is 0 Å². The normalized spacial score (nSPS) is 14.8.